The Labute approximate surface area is 70.8 Å². The predicted molar refractivity (Wildman–Crippen MR) is 50.9 cm³/mol. The van der Waals surface area contributed by atoms with Gasteiger partial charge in [-0.25, -0.2) is 0 Å². The van der Waals surface area contributed by atoms with Gasteiger partial charge in [-0.3, -0.25) is 0 Å². The van der Waals surface area contributed by atoms with Crippen molar-refractivity contribution in [3.8, 4) is 0 Å². The Morgan fingerprint density at radius 3 is 2.55 bits per heavy atom. The zero-order valence-electron chi connectivity index (χ0n) is 8.11. The molecular formula is C9H22N2. The minimum atomic E-state index is 0.677. The van der Waals surface area contributed by atoms with Crippen molar-refractivity contribution in [2.75, 3.05) is 20.1 Å². The fourth-order valence-corrected chi connectivity index (χ4v) is 1.02. The highest BCUT2D eigenvalue weighted by Crippen LogP contribution is 1.98. The summed E-state index contributed by atoms with van der Waals surface area (Å²) in [7, 11) is 2.02. The first-order chi connectivity index (χ1) is 5.31. The number of hydrogen-bond donors (Lipinski definition) is 2. The van der Waals surface area contributed by atoms with E-state index in [-0.39, 0.29) is 0 Å². The molecule has 0 bridgehead atoms. The molecule has 0 saturated carbocycles. The van der Waals surface area contributed by atoms with Crippen molar-refractivity contribution < 1.29 is 0 Å². The Hall–Kier alpha value is -0.0800. The molecule has 0 aliphatic carbocycles. The number of rotatable bonds is 7. The average molecular weight is 158 g/mol. The van der Waals surface area contributed by atoms with E-state index in [1.807, 2.05) is 7.05 Å². The van der Waals surface area contributed by atoms with E-state index in [0.717, 1.165) is 6.54 Å². The van der Waals surface area contributed by atoms with Gasteiger partial charge in [0.2, 0.25) is 0 Å². The molecule has 0 aromatic heterocycles. The minimum absolute atomic E-state index is 0.677. The molecule has 11 heavy (non-hydrogen) atoms. The maximum absolute atomic E-state index is 3.32. The van der Waals surface area contributed by atoms with Crippen LogP contribution >= 0.6 is 0 Å². The highest BCUT2D eigenvalue weighted by molar-refractivity contribution is 4.57. The lowest BCUT2D eigenvalue weighted by atomic mass is 10.1. The molecule has 0 aliphatic heterocycles. The molecule has 0 aliphatic rings. The van der Waals surface area contributed by atoms with E-state index in [2.05, 4.69) is 24.5 Å². The van der Waals surface area contributed by atoms with Gasteiger partial charge in [0.25, 0.3) is 0 Å². The summed E-state index contributed by atoms with van der Waals surface area (Å²) in [6, 6.07) is 0.677. The predicted octanol–water partition coefficient (Wildman–Crippen LogP) is 1.37. The van der Waals surface area contributed by atoms with Gasteiger partial charge in [-0.1, -0.05) is 13.3 Å². The Balaban J connectivity index is 2.89. The second kappa shape index (κ2) is 8.02. The van der Waals surface area contributed by atoms with Crippen molar-refractivity contribution in [1.82, 2.24) is 10.6 Å². The van der Waals surface area contributed by atoms with Gasteiger partial charge < -0.3 is 10.6 Å². The van der Waals surface area contributed by atoms with Gasteiger partial charge in [0, 0.05) is 6.04 Å². The quantitative estimate of drug-likeness (QED) is 0.547. The van der Waals surface area contributed by atoms with Crippen molar-refractivity contribution in [3.63, 3.8) is 0 Å². The molecule has 1 atom stereocenters. The maximum Gasteiger partial charge on any atom is 0.00357 e. The summed E-state index contributed by atoms with van der Waals surface area (Å²) in [6.45, 7) is 6.65. The van der Waals surface area contributed by atoms with E-state index in [9.17, 15) is 0 Å². The van der Waals surface area contributed by atoms with Crippen LogP contribution in [0.3, 0.4) is 0 Å². The first-order valence-electron chi connectivity index (χ1n) is 4.69. The van der Waals surface area contributed by atoms with Crippen LogP contribution in [0.2, 0.25) is 0 Å². The van der Waals surface area contributed by atoms with E-state index in [1.165, 1.54) is 25.8 Å². The molecule has 68 valence electrons. The third-order valence-electron chi connectivity index (χ3n) is 1.98. The molecule has 2 heteroatoms. The van der Waals surface area contributed by atoms with E-state index in [0.29, 0.717) is 6.04 Å². The number of hydrogen-bond acceptors (Lipinski definition) is 2. The van der Waals surface area contributed by atoms with Crippen LogP contribution < -0.4 is 10.6 Å². The smallest absolute Gasteiger partial charge is 0.00357 e. The molecule has 0 spiro atoms. The summed E-state index contributed by atoms with van der Waals surface area (Å²) in [5.74, 6) is 0. The third-order valence-corrected chi connectivity index (χ3v) is 1.98. The first-order valence-corrected chi connectivity index (χ1v) is 4.69. The summed E-state index contributed by atoms with van der Waals surface area (Å²) < 4.78 is 0. The zero-order chi connectivity index (χ0) is 8.53. The van der Waals surface area contributed by atoms with Crippen LogP contribution in [0.4, 0.5) is 0 Å². The van der Waals surface area contributed by atoms with Gasteiger partial charge in [0.15, 0.2) is 0 Å². The second-order valence-electron chi connectivity index (χ2n) is 3.04. The lowest BCUT2D eigenvalue weighted by molar-refractivity contribution is 0.518. The molecule has 0 aromatic carbocycles. The Bertz CT molecular complexity index is 74.0. The van der Waals surface area contributed by atoms with Crippen molar-refractivity contribution in [1.29, 1.82) is 0 Å². The summed E-state index contributed by atoms with van der Waals surface area (Å²) in [5.41, 5.74) is 0. The van der Waals surface area contributed by atoms with Crippen LogP contribution in [-0.4, -0.2) is 26.2 Å². The van der Waals surface area contributed by atoms with Gasteiger partial charge >= 0.3 is 0 Å². The summed E-state index contributed by atoms with van der Waals surface area (Å²) in [5, 5.41) is 6.55. The van der Waals surface area contributed by atoms with Crippen LogP contribution in [-0.2, 0) is 0 Å². The lowest BCUT2D eigenvalue weighted by Gasteiger charge is -2.08. The molecule has 0 rings (SSSR count). The molecule has 2 nitrogen and oxygen atoms in total. The van der Waals surface area contributed by atoms with E-state index >= 15 is 0 Å². The molecule has 0 radical (unpaired) electrons. The molecular weight excluding hydrogens is 136 g/mol. The molecule has 0 fully saturated rings. The van der Waals surface area contributed by atoms with Crippen LogP contribution in [0.15, 0.2) is 0 Å². The molecule has 0 aromatic rings. The van der Waals surface area contributed by atoms with Crippen molar-refractivity contribution in [2.45, 2.75) is 39.2 Å². The van der Waals surface area contributed by atoms with E-state index in [1.54, 1.807) is 0 Å². The standard InChI is InChI=1S/C9H22N2/c1-4-11-8-6-5-7-9(2)10-3/h9-11H,4-8H2,1-3H3/t9-/m1/s1. The minimum Gasteiger partial charge on any atom is -0.317 e. The van der Waals surface area contributed by atoms with Crippen LogP contribution in [0.5, 0.6) is 0 Å². The van der Waals surface area contributed by atoms with Gasteiger partial charge in [0.05, 0.1) is 0 Å². The van der Waals surface area contributed by atoms with Gasteiger partial charge in [0.1, 0.15) is 0 Å². The van der Waals surface area contributed by atoms with Crippen molar-refractivity contribution >= 4 is 0 Å². The SMILES string of the molecule is CCNCCCC[C@@H](C)NC. The largest absolute Gasteiger partial charge is 0.317 e. The van der Waals surface area contributed by atoms with Gasteiger partial charge in [-0.05, 0) is 39.9 Å². The molecule has 0 saturated heterocycles. The maximum atomic E-state index is 3.32. The highest BCUT2D eigenvalue weighted by Gasteiger charge is 1.95. The van der Waals surface area contributed by atoms with E-state index < -0.39 is 0 Å². The fraction of sp³-hybridized carbons (Fsp3) is 1.00. The highest BCUT2D eigenvalue weighted by atomic mass is 14.9. The van der Waals surface area contributed by atoms with Crippen molar-refractivity contribution in [2.24, 2.45) is 0 Å². The summed E-state index contributed by atoms with van der Waals surface area (Å²) in [6.07, 6.45) is 3.93. The molecule has 0 amide bonds. The van der Waals surface area contributed by atoms with Gasteiger partial charge in [-0.2, -0.15) is 0 Å². The summed E-state index contributed by atoms with van der Waals surface area (Å²) in [4.78, 5) is 0. The Morgan fingerprint density at radius 1 is 1.27 bits per heavy atom. The number of unbranched alkanes of at least 4 members (excludes halogenated alkanes) is 1. The monoisotopic (exact) mass is 158 g/mol. The molecule has 2 N–H and O–H groups in total. The molecule has 0 heterocycles. The fourth-order valence-electron chi connectivity index (χ4n) is 1.02. The third kappa shape index (κ3) is 7.82. The number of nitrogens with one attached hydrogen (secondary N) is 2. The van der Waals surface area contributed by atoms with E-state index in [4.69, 9.17) is 0 Å². The topological polar surface area (TPSA) is 24.1 Å². The van der Waals surface area contributed by atoms with Crippen molar-refractivity contribution in [3.05, 3.63) is 0 Å². The lowest BCUT2D eigenvalue weighted by Crippen LogP contribution is -2.21. The molecule has 0 unspecified atom stereocenters. The van der Waals surface area contributed by atoms with Gasteiger partial charge in [-0.15, -0.1) is 0 Å². The Morgan fingerprint density at radius 2 is 2.00 bits per heavy atom. The van der Waals surface area contributed by atoms with Crippen LogP contribution in [0.1, 0.15) is 33.1 Å². The Kier molecular flexibility index (Phi) is 7.96. The van der Waals surface area contributed by atoms with Crippen LogP contribution in [0, 0.1) is 0 Å². The van der Waals surface area contributed by atoms with Crippen LogP contribution in [0.25, 0.3) is 0 Å². The average Bonchev–Trinajstić information content (AvgIpc) is 2.04. The zero-order valence-corrected chi connectivity index (χ0v) is 8.11. The second-order valence-corrected chi connectivity index (χ2v) is 3.04. The summed E-state index contributed by atoms with van der Waals surface area (Å²) >= 11 is 0. The first kappa shape index (κ1) is 10.9. The normalized spacial score (nSPS) is 13.4.